The molecule has 0 aliphatic carbocycles. The van der Waals surface area contributed by atoms with Crippen LogP contribution >= 0.6 is 0 Å². The molecule has 0 aromatic carbocycles. The molecule has 0 aliphatic heterocycles. The Labute approximate surface area is 141 Å². The number of rotatable bonds is 17. The van der Waals surface area contributed by atoms with Crippen LogP contribution in [0.4, 0.5) is 0 Å². The molecule has 0 saturated heterocycles. The van der Waals surface area contributed by atoms with Gasteiger partial charge in [0, 0.05) is 13.2 Å². The lowest BCUT2D eigenvalue weighted by Crippen LogP contribution is -2.41. The van der Waals surface area contributed by atoms with Gasteiger partial charge in [-0.3, -0.25) is 0 Å². The van der Waals surface area contributed by atoms with Crippen LogP contribution in [-0.4, -0.2) is 21.8 Å². The fraction of sp³-hybridized carbons (Fsp3) is 1.00. The SMILES string of the molecule is CCCCCCCCO[Si](CC)(CC)OCCCCCCC. The second kappa shape index (κ2) is 16.0. The van der Waals surface area contributed by atoms with Gasteiger partial charge in [0.05, 0.1) is 0 Å². The lowest BCUT2D eigenvalue weighted by molar-refractivity contribution is 0.163. The van der Waals surface area contributed by atoms with E-state index < -0.39 is 8.56 Å². The first-order chi connectivity index (χ1) is 10.7. The van der Waals surface area contributed by atoms with Crippen LogP contribution in [0.3, 0.4) is 0 Å². The third-order valence-electron chi connectivity index (χ3n) is 4.55. The third-order valence-corrected chi connectivity index (χ3v) is 8.17. The van der Waals surface area contributed by atoms with Crippen LogP contribution in [0.25, 0.3) is 0 Å². The van der Waals surface area contributed by atoms with E-state index in [2.05, 4.69) is 27.7 Å². The van der Waals surface area contributed by atoms with E-state index >= 15 is 0 Å². The highest BCUT2D eigenvalue weighted by Crippen LogP contribution is 2.20. The molecule has 0 aliphatic rings. The van der Waals surface area contributed by atoms with E-state index in [1.807, 2.05) is 0 Å². The number of hydrogen-bond donors (Lipinski definition) is 0. The molecule has 0 fully saturated rings. The highest BCUT2D eigenvalue weighted by Gasteiger charge is 2.33. The average molecular weight is 331 g/mol. The van der Waals surface area contributed by atoms with Crippen LogP contribution in [-0.2, 0) is 8.85 Å². The molecule has 0 rings (SSSR count). The van der Waals surface area contributed by atoms with Gasteiger partial charge in [-0.05, 0) is 24.9 Å². The number of hydrogen-bond acceptors (Lipinski definition) is 2. The second-order valence-electron chi connectivity index (χ2n) is 6.50. The predicted molar refractivity (Wildman–Crippen MR) is 101 cm³/mol. The van der Waals surface area contributed by atoms with Gasteiger partial charge in [-0.15, -0.1) is 0 Å². The zero-order valence-corrected chi connectivity index (χ0v) is 16.9. The van der Waals surface area contributed by atoms with Crippen molar-refractivity contribution in [2.75, 3.05) is 13.2 Å². The highest BCUT2D eigenvalue weighted by molar-refractivity contribution is 6.67. The first-order valence-electron chi connectivity index (χ1n) is 10.0. The zero-order chi connectivity index (χ0) is 16.5. The lowest BCUT2D eigenvalue weighted by Gasteiger charge is -2.29. The zero-order valence-electron chi connectivity index (χ0n) is 15.9. The summed E-state index contributed by atoms with van der Waals surface area (Å²) in [5, 5.41) is 0. The van der Waals surface area contributed by atoms with E-state index in [0.29, 0.717) is 0 Å². The Morgan fingerprint density at radius 3 is 1.23 bits per heavy atom. The van der Waals surface area contributed by atoms with Crippen LogP contribution in [0.15, 0.2) is 0 Å². The Kier molecular flexibility index (Phi) is 16.1. The lowest BCUT2D eigenvalue weighted by atomic mass is 10.1. The third kappa shape index (κ3) is 11.7. The van der Waals surface area contributed by atoms with Crippen molar-refractivity contribution in [1.82, 2.24) is 0 Å². The Morgan fingerprint density at radius 1 is 0.500 bits per heavy atom. The topological polar surface area (TPSA) is 18.5 Å². The van der Waals surface area contributed by atoms with Crippen molar-refractivity contribution in [2.24, 2.45) is 0 Å². The van der Waals surface area contributed by atoms with E-state index in [1.165, 1.54) is 70.6 Å². The van der Waals surface area contributed by atoms with E-state index in [0.717, 1.165) is 25.3 Å². The van der Waals surface area contributed by atoms with Crippen LogP contribution < -0.4 is 0 Å². The molecule has 22 heavy (non-hydrogen) atoms. The van der Waals surface area contributed by atoms with Crippen molar-refractivity contribution in [3.63, 3.8) is 0 Å². The van der Waals surface area contributed by atoms with Gasteiger partial charge in [0.25, 0.3) is 0 Å². The molecule has 0 spiro atoms. The van der Waals surface area contributed by atoms with Crippen molar-refractivity contribution >= 4 is 8.56 Å². The molecule has 0 atom stereocenters. The molecule has 0 amide bonds. The van der Waals surface area contributed by atoms with Crippen LogP contribution in [0.2, 0.25) is 12.1 Å². The summed E-state index contributed by atoms with van der Waals surface area (Å²) in [7, 11) is -1.89. The average Bonchev–Trinajstić information content (AvgIpc) is 2.55. The van der Waals surface area contributed by atoms with Gasteiger partial charge in [-0.25, -0.2) is 0 Å². The standard InChI is InChI=1S/C19H42O2Si/c1-5-9-11-13-15-17-19-21-22(7-3,8-4)20-18-16-14-12-10-6-2/h5-19H2,1-4H3. The predicted octanol–water partition coefficient (Wildman–Crippen LogP) is 6.83. The molecule has 3 heteroatoms. The first kappa shape index (κ1) is 22.1. The van der Waals surface area contributed by atoms with Crippen molar-refractivity contribution in [2.45, 2.75) is 110 Å². The van der Waals surface area contributed by atoms with E-state index in [9.17, 15) is 0 Å². The van der Waals surface area contributed by atoms with Gasteiger partial charge in [0.2, 0.25) is 0 Å². The monoisotopic (exact) mass is 330 g/mol. The Bertz CT molecular complexity index is 217. The maximum atomic E-state index is 6.28. The molecule has 0 unspecified atom stereocenters. The molecule has 134 valence electrons. The van der Waals surface area contributed by atoms with Crippen molar-refractivity contribution in [1.29, 1.82) is 0 Å². The Balaban J connectivity index is 3.76. The molecule has 0 saturated carbocycles. The summed E-state index contributed by atoms with van der Waals surface area (Å²) in [5.74, 6) is 0. The molecule has 0 N–H and O–H groups in total. The van der Waals surface area contributed by atoms with E-state index in [4.69, 9.17) is 8.85 Å². The fourth-order valence-electron chi connectivity index (χ4n) is 2.80. The summed E-state index contributed by atoms with van der Waals surface area (Å²) in [5.41, 5.74) is 0. The minimum Gasteiger partial charge on any atom is -0.394 e. The summed E-state index contributed by atoms with van der Waals surface area (Å²) >= 11 is 0. The summed E-state index contributed by atoms with van der Waals surface area (Å²) in [6.45, 7) is 10.8. The summed E-state index contributed by atoms with van der Waals surface area (Å²) < 4.78 is 12.5. The summed E-state index contributed by atoms with van der Waals surface area (Å²) in [6.07, 6.45) is 14.5. The van der Waals surface area contributed by atoms with Gasteiger partial charge < -0.3 is 8.85 Å². The Hall–Kier alpha value is 0.137. The first-order valence-corrected chi connectivity index (χ1v) is 12.3. The van der Waals surface area contributed by atoms with Crippen molar-refractivity contribution in [3.8, 4) is 0 Å². The largest absolute Gasteiger partial charge is 0.394 e. The van der Waals surface area contributed by atoms with Gasteiger partial charge >= 0.3 is 8.56 Å². The van der Waals surface area contributed by atoms with Gasteiger partial charge in [0.15, 0.2) is 0 Å². The van der Waals surface area contributed by atoms with Crippen LogP contribution in [0, 0.1) is 0 Å². The Morgan fingerprint density at radius 2 is 0.864 bits per heavy atom. The maximum Gasteiger partial charge on any atom is 0.337 e. The molecule has 0 radical (unpaired) electrons. The second-order valence-corrected chi connectivity index (χ2v) is 10.3. The molecule has 0 aromatic rings. The summed E-state index contributed by atoms with van der Waals surface area (Å²) in [6, 6.07) is 2.18. The molecule has 0 bridgehead atoms. The van der Waals surface area contributed by atoms with Gasteiger partial charge in [-0.2, -0.15) is 0 Å². The molecule has 0 aromatic heterocycles. The smallest absolute Gasteiger partial charge is 0.337 e. The number of unbranched alkanes of at least 4 members (excludes halogenated alkanes) is 9. The molecule has 2 nitrogen and oxygen atoms in total. The van der Waals surface area contributed by atoms with Gasteiger partial charge in [0.1, 0.15) is 0 Å². The van der Waals surface area contributed by atoms with Crippen LogP contribution in [0.5, 0.6) is 0 Å². The molecular formula is C19H42O2Si. The highest BCUT2D eigenvalue weighted by atomic mass is 28.4. The minimum absolute atomic E-state index is 0.911. The quantitative estimate of drug-likeness (QED) is 0.215. The maximum absolute atomic E-state index is 6.28. The van der Waals surface area contributed by atoms with Crippen molar-refractivity contribution in [3.05, 3.63) is 0 Å². The van der Waals surface area contributed by atoms with E-state index in [-0.39, 0.29) is 0 Å². The molecule has 0 heterocycles. The van der Waals surface area contributed by atoms with Crippen molar-refractivity contribution < 1.29 is 8.85 Å². The van der Waals surface area contributed by atoms with Gasteiger partial charge in [-0.1, -0.05) is 85.5 Å². The summed E-state index contributed by atoms with van der Waals surface area (Å²) in [4.78, 5) is 0. The minimum atomic E-state index is -1.89. The van der Waals surface area contributed by atoms with Crippen LogP contribution in [0.1, 0.15) is 98.3 Å². The fourth-order valence-corrected chi connectivity index (χ4v) is 5.24. The normalized spacial score (nSPS) is 12.0. The molecular weight excluding hydrogens is 288 g/mol. The van der Waals surface area contributed by atoms with E-state index in [1.54, 1.807) is 0 Å².